The van der Waals surface area contributed by atoms with Gasteiger partial charge in [0.1, 0.15) is 6.07 Å². The van der Waals surface area contributed by atoms with Gasteiger partial charge in [0, 0.05) is 14.6 Å². The summed E-state index contributed by atoms with van der Waals surface area (Å²) in [6, 6.07) is 13.9. The molecule has 0 radical (unpaired) electrons. The van der Waals surface area contributed by atoms with Gasteiger partial charge in [0.05, 0.1) is 11.3 Å². The molecular weight excluding hydrogens is 356 g/mol. The largest absolute Gasteiger partial charge is 0.354 e. The summed E-state index contributed by atoms with van der Waals surface area (Å²) in [6.07, 6.45) is 0. The van der Waals surface area contributed by atoms with E-state index in [1.165, 1.54) is 0 Å². The summed E-state index contributed by atoms with van der Waals surface area (Å²) in [4.78, 5) is 0. The quantitative estimate of drug-likeness (QED) is 0.800. The molecule has 0 aliphatic carbocycles. The maximum Gasteiger partial charge on any atom is 0.103 e. The molecule has 0 atom stereocenters. The first kappa shape index (κ1) is 13.1. The Kier molecular flexibility index (Phi) is 4.05. The molecule has 0 amide bonds. The van der Waals surface area contributed by atoms with Gasteiger partial charge in [-0.05, 0) is 58.7 Å². The molecule has 2 rings (SSSR count). The maximum absolute atomic E-state index is 9.16. The van der Waals surface area contributed by atoms with E-state index in [9.17, 15) is 0 Å². The average molecular weight is 366 g/mol. The minimum absolute atomic E-state index is 0.607. The highest BCUT2D eigenvalue weighted by atomic mass is 79.9. The molecule has 2 nitrogen and oxygen atoms in total. The van der Waals surface area contributed by atoms with Gasteiger partial charge in [-0.3, -0.25) is 0 Å². The van der Waals surface area contributed by atoms with Crippen molar-refractivity contribution in [3.05, 3.63) is 56.5 Å². The third-order valence-corrected chi connectivity index (χ3v) is 3.57. The molecule has 18 heavy (non-hydrogen) atoms. The maximum atomic E-state index is 9.16. The van der Waals surface area contributed by atoms with Crippen LogP contribution in [-0.2, 0) is 0 Å². The topological polar surface area (TPSA) is 35.8 Å². The predicted molar refractivity (Wildman–Crippen MR) is 81.0 cm³/mol. The van der Waals surface area contributed by atoms with Crippen molar-refractivity contribution in [2.45, 2.75) is 6.92 Å². The predicted octanol–water partition coefficient (Wildman–Crippen LogP) is 5.14. The second-order valence-electron chi connectivity index (χ2n) is 3.92. The van der Waals surface area contributed by atoms with Crippen molar-refractivity contribution in [3.63, 3.8) is 0 Å². The van der Waals surface area contributed by atoms with Crippen LogP contribution in [0.4, 0.5) is 11.4 Å². The fourth-order valence-corrected chi connectivity index (χ4v) is 2.77. The van der Waals surface area contributed by atoms with Crippen LogP contribution in [0.15, 0.2) is 45.3 Å². The van der Waals surface area contributed by atoms with Gasteiger partial charge in [-0.1, -0.05) is 22.0 Å². The molecule has 0 aliphatic heterocycles. The van der Waals surface area contributed by atoms with E-state index in [-0.39, 0.29) is 0 Å². The summed E-state index contributed by atoms with van der Waals surface area (Å²) in [7, 11) is 0. The summed E-state index contributed by atoms with van der Waals surface area (Å²) >= 11 is 6.84. The summed E-state index contributed by atoms with van der Waals surface area (Å²) < 4.78 is 1.81. The van der Waals surface area contributed by atoms with Crippen molar-refractivity contribution >= 4 is 43.2 Å². The summed E-state index contributed by atoms with van der Waals surface area (Å²) in [5.74, 6) is 0. The van der Waals surface area contributed by atoms with Gasteiger partial charge in [-0.15, -0.1) is 0 Å². The van der Waals surface area contributed by atoms with E-state index >= 15 is 0 Å². The van der Waals surface area contributed by atoms with Crippen molar-refractivity contribution in [2.75, 3.05) is 5.32 Å². The number of hydrogen-bond acceptors (Lipinski definition) is 2. The van der Waals surface area contributed by atoms with E-state index in [0.717, 1.165) is 25.9 Å². The first-order valence-corrected chi connectivity index (χ1v) is 6.91. The van der Waals surface area contributed by atoms with Gasteiger partial charge in [-0.25, -0.2) is 0 Å². The van der Waals surface area contributed by atoms with Gasteiger partial charge in [0.25, 0.3) is 0 Å². The number of hydrogen-bond donors (Lipinski definition) is 1. The Morgan fingerprint density at radius 3 is 2.61 bits per heavy atom. The van der Waals surface area contributed by atoms with Crippen molar-refractivity contribution in [2.24, 2.45) is 0 Å². The Bertz CT molecular complexity index is 610. The van der Waals surface area contributed by atoms with Crippen LogP contribution < -0.4 is 5.32 Å². The smallest absolute Gasteiger partial charge is 0.103 e. The SMILES string of the molecule is Cc1cc(Br)cc(Nc2cccc(Br)c2C#N)c1. The van der Waals surface area contributed by atoms with Crippen LogP contribution in [0.3, 0.4) is 0 Å². The minimum atomic E-state index is 0.607. The molecule has 1 N–H and O–H groups in total. The van der Waals surface area contributed by atoms with Gasteiger partial charge in [0.2, 0.25) is 0 Å². The zero-order valence-corrected chi connectivity index (χ0v) is 12.8. The number of rotatable bonds is 2. The molecule has 0 saturated heterocycles. The van der Waals surface area contributed by atoms with Crippen molar-refractivity contribution in [1.29, 1.82) is 5.26 Å². The average Bonchev–Trinajstić information content (AvgIpc) is 2.27. The molecule has 0 aliphatic rings. The molecule has 0 heterocycles. The molecule has 0 bridgehead atoms. The Morgan fingerprint density at radius 2 is 1.94 bits per heavy atom. The first-order chi connectivity index (χ1) is 8.60. The van der Waals surface area contributed by atoms with Gasteiger partial charge in [0.15, 0.2) is 0 Å². The van der Waals surface area contributed by atoms with Gasteiger partial charge < -0.3 is 5.32 Å². The molecule has 0 spiro atoms. The monoisotopic (exact) mass is 364 g/mol. The summed E-state index contributed by atoms with van der Waals surface area (Å²) in [5, 5.41) is 12.4. The normalized spacial score (nSPS) is 9.89. The van der Waals surface area contributed by atoms with Crippen LogP contribution in [0, 0.1) is 18.3 Å². The lowest BCUT2D eigenvalue weighted by Crippen LogP contribution is -1.94. The van der Waals surface area contributed by atoms with E-state index in [4.69, 9.17) is 5.26 Å². The van der Waals surface area contributed by atoms with E-state index < -0.39 is 0 Å². The Hall–Kier alpha value is -1.31. The number of nitrogens with one attached hydrogen (secondary N) is 1. The van der Waals surface area contributed by atoms with Crippen LogP contribution in [0.5, 0.6) is 0 Å². The molecule has 2 aromatic rings. The Balaban J connectivity index is 2.40. The van der Waals surface area contributed by atoms with Crippen molar-refractivity contribution < 1.29 is 0 Å². The van der Waals surface area contributed by atoms with Crippen LogP contribution in [0.25, 0.3) is 0 Å². The molecule has 0 fully saturated rings. The lowest BCUT2D eigenvalue weighted by molar-refractivity contribution is 1.41. The van der Waals surface area contributed by atoms with Crippen molar-refractivity contribution in [3.8, 4) is 6.07 Å². The zero-order chi connectivity index (χ0) is 13.1. The highest BCUT2D eigenvalue weighted by Gasteiger charge is 2.06. The van der Waals surface area contributed by atoms with Gasteiger partial charge >= 0.3 is 0 Å². The lowest BCUT2D eigenvalue weighted by atomic mass is 10.1. The third kappa shape index (κ3) is 2.92. The van der Waals surface area contributed by atoms with Gasteiger partial charge in [-0.2, -0.15) is 5.26 Å². The third-order valence-electron chi connectivity index (χ3n) is 2.45. The zero-order valence-electron chi connectivity index (χ0n) is 9.67. The van der Waals surface area contributed by atoms with E-state index in [1.807, 2.05) is 43.3 Å². The number of anilines is 2. The molecule has 0 aromatic heterocycles. The highest BCUT2D eigenvalue weighted by Crippen LogP contribution is 2.28. The van der Waals surface area contributed by atoms with E-state index in [2.05, 4.69) is 43.2 Å². The standard InChI is InChI=1S/C14H10Br2N2/c1-9-5-10(15)7-11(6-9)18-14-4-2-3-13(16)12(14)8-17/h2-7,18H,1H3. The molecule has 2 aromatic carbocycles. The van der Waals surface area contributed by atoms with Crippen molar-refractivity contribution in [1.82, 2.24) is 0 Å². The van der Waals surface area contributed by atoms with Crippen LogP contribution >= 0.6 is 31.9 Å². The van der Waals surface area contributed by atoms with E-state index in [1.54, 1.807) is 0 Å². The summed E-state index contributed by atoms with van der Waals surface area (Å²) in [5.41, 5.74) is 3.51. The van der Waals surface area contributed by atoms with Crippen LogP contribution in [-0.4, -0.2) is 0 Å². The number of aryl methyl sites for hydroxylation is 1. The first-order valence-electron chi connectivity index (χ1n) is 5.33. The summed E-state index contributed by atoms with van der Waals surface area (Å²) in [6.45, 7) is 2.03. The molecule has 0 unspecified atom stereocenters. The molecule has 0 saturated carbocycles. The Labute approximate surface area is 123 Å². The fraction of sp³-hybridized carbons (Fsp3) is 0.0714. The number of nitriles is 1. The Morgan fingerprint density at radius 1 is 1.17 bits per heavy atom. The molecular formula is C14H10Br2N2. The minimum Gasteiger partial charge on any atom is -0.354 e. The fourth-order valence-electron chi connectivity index (χ4n) is 1.71. The highest BCUT2D eigenvalue weighted by molar-refractivity contribution is 9.10. The van der Waals surface area contributed by atoms with E-state index in [0.29, 0.717) is 5.56 Å². The number of benzene rings is 2. The molecule has 4 heteroatoms. The number of halogens is 2. The lowest BCUT2D eigenvalue weighted by Gasteiger charge is -2.10. The second-order valence-corrected chi connectivity index (χ2v) is 5.69. The number of nitrogens with zero attached hydrogens (tertiary/aromatic N) is 1. The van der Waals surface area contributed by atoms with Crippen LogP contribution in [0.2, 0.25) is 0 Å². The second kappa shape index (κ2) is 5.55. The molecule has 90 valence electrons. The van der Waals surface area contributed by atoms with Crippen LogP contribution in [0.1, 0.15) is 11.1 Å².